The van der Waals surface area contributed by atoms with Gasteiger partial charge in [0.25, 0.3) is 0 Å². The Morgan fingerprint density at radius 1 is 1.21 bits per heavy atom. The number of fused-ring (bicyclic) bond motifs is 1. The predicted octanol–water partition coefficient (Wildman–Crippen LogP) is 2.07. The number of amides is 1. The number of aliphatic hydroxyl groups is 1. The van der Waals surface area contributed by atoms with Gasteiger partial charge >= 0.3 is 0 Å². The number of carbonyl (C=O) groups is 1. The Bertz CT molecular complexity index is 1370. The van der Waals surface area contributed by atoms with Crippen LogP contribution in [0.2, 0.25) is 0 Å². The van der Waals surface area contributed by atoms with Crippen molar-refractivity contribution in [1.82, 2.24) is 25.3 Å². The number of hydrazine groups is 2. The largest absolute Gasteiger partial charge is 0.493 e. The van der Waals surface area contributed by atoms with Gasteiger partial charge in [-0.25, -0.2) is 18.7 Å². The molecular weight excluding hydrogens is 510 g/mol. The van der Waals surface area contributed by atoms with Crippen LogP contribution in [0.15, 0.2) is 54.7 Å². The third-order valence-corrected chi connectivity index (χ3v) is 6.54. The molecule has 5 N–H and O–H groups in total. The van der Waals surface area contributed by atoms with Gasteiger partial charge in [-0.3, -0.25) is 15.2 Å². The molecule has 2 aromatic carbocycles. The summed E-state index contributed by atoms with van der Waals surface area (Å²) in [5.41, 5.74) is 8.79. The van der Waals surface area contributed by atoms with Crippen LogP contribution < -0.4 is 26.3 Å². The quantitative estimate of drug-likeness (QED) is 0.283. The molecule has 0 atom stereocenters. The van der Waals surface area contributed by atoms with E-state index in [-0.39, 0.29) is 18.3 Å². The second-order valence-corrected chi connectivity index (χ2v) is 9.40. The van der Waals surface area contributed by atoms with Crippen molar-refractivity contribution in [2.24, 2.45) is 5.73 Å². The van der Waals surface area contributed by atoms with E-state index < -0.39 is 17.5 Å². The summed E-state index contributed by atoms with van der Waals surface area (Å²) in [5, 5.41) is 16.0. The van der Waals surface area contributed by atoms with Crippen LogP contribution >= 0.6 is 0 Å². The van der Waals surface area contributed by atoms with E-state index in [1.807, 2.05) is 18.2 Å². The first-order valence-corrected chi connectivity index (χ1v) is 12.7. The molecule has 0 radical (unpaired) electrons. The van der Waals surface area contributed by atoms with Crippen LogP contribution in [0.3, 0.4) is 0 Å². The molecule has 0 aliphatic carbocycles. The summed E-state index contributed by atoms with van der Waals surface area (Å²) in [6, 6.07) is 9.22. The Morgan fingerprint density at radius 3 is 2.82 bits per heavy atom. The highest BCUT2D eigenvalue weighted by Crippen LogP contribution is 2.28. The number of nitrogens with zero attached hydrogens (tertiary/aromatic N) is 5. The van der Waals surface area contributed by atoms with Crippen molar-refractivity contribution >= 4 is 28.3 Å². The van der Waals surface area contributed by atoms with Gasteiger partial charge in [0, 0.05) is 31.1 Å². The van der Waals surface area contributed by atoms with Crippen LogP contribution in [0.5, 0.6) is 5.75 Å². The van der Waals surface area contributed by atoms with E-state index in [4.69, 9.17) is 10.5 Å². The summed E-state index contributed by atoms with van der Waals surface area (Å²) in [6.07, 6.45) is 5.23. The van der Waals surface area contributed by atoms with Crippen molar-refractivity contribution in [1.29, 1.82) is 0 Å². The molecule has 5 rings (SSSR count). The fourth-order valence-corrected chi connectivity index (χ4v) is 4.58. The minimum Gasteiger partial charge on any atom is -0.493 e. The lowest BCUT2D eigenvalue weighted by Gasteiger charge is -2.29. The Kier molecular flexibility index (Phi) is 7.89. The van der Waals surface area contributed by atoms with Gasteiger partial charge in [0.05, 0.1) is 24.4 Å². The number of aliphatic hydroxyl groups excluding tert-OH is 1. The number of nitrogens with one attached hydrogen (secondary N) is 2. The zero-order valence-electron chi connectivity index (χ0n) is 21.2. The van der Waals surface area contributed by atoms with Crippen LogP contribution in [0, 0.1) is 11.6 Å². The van der Waals surface area contributed by atoms with Crippen LogP contribution in [0.4, 0.5) is 20.3 Å². The minimum absolute atomic E-state index is 0.128. The van der Waals surface area contributed by atoms with E-state index in [0.29, 0.717) is 34.9 Å². The van der Waals surface area contributed by atoms with Gasteiger partial charge in [-0.2, -0.15) is 5.12 Å². The number of nitrogens with two attached hydrogens (primary N) is 1. The van der Waals surface area contributed by atoms with Gasteiger partial charge in [0.1, 0.15) is 35.9 Å². The summed E-state index contributed by atoms with van der Waals surface area (Å²) in [7, 11) is 0. The maximum absolute atomic E-state index is 14.5. The summed E-state index contributed by atoms with van der Waals surface area (Å²) >= 11 is 0. The van der Waals surface area contributed by atoms with Gasteiger partial charge in [-0.1, -0.05) is 6.07 Å². The fraction of sp³-hybridized carbons (Fsp3) is 0.346. The molecule has 1 saturated heterocycles. The number of hydrogen-bond acceptors (Lipinski definition) is 10. The molecule has 206 valence electrons. The lowest BCUT2D eigenvalue weighted by atomic mass is 10.1. The standard InChI is InChI=1S/C26H30F2N8O3/c27-20-3-1-4-22(25(20)28)36-33-24(15-35(36)14-23(29)38)32-26-19-6-5-18(13-21(19)30-16-31-26)39-12-2-9-34-10-7-17(37)8-11-34/h1,3-6,13,15-17,33,37H,2,7-12,14H2,(H2,29,38)(H,30,31,32). The van der Waals surface area contributed by atoms with Crippen molar-refractivity contribution in [3.63, 3.8) is 0 Å². The number of benzene rings is 2. The number of piperidine rings is 1. The van der Waals surface area contributed by atoms with Gasteiger partial charge in [0.2, 0.25) is 5.91 Å². The molecular formula is C26H30F2N8O3. The van der Waals surface area contributed by atoms with Gasteiger partial charge in [-0.15, -0.1) is 0 Å². The van der Waals surface area contributed by atoms with E-state index in [1.54, 1.807) is 0 Å². The van der Waals surface area contributed by atoms with E-state index in [2.05, 4.69) is 25.6 Å². The normalized spacial score (nSPS) is 16.3. The first-order valence-electron chi connectivity index (χ1n) is 12.7. The predicted molar refractivity (Wildman–Crippen MR) is 141 cm³/mol. The monoisotopic (exact) mass is 540 g/mol. The summed E-state index contributed by atoms with van der Waals surface area (Å²) in [4.78, 5) is 22.6. The molecule has 2 aliphatic heterocycles. The topological polar surface area (TPSA) is 132 Å². The maximum Gasteiger partial charge on any atom is 0.239 e. The van der Waals surface area contributed by atoms with Gasteiger partial charge in [-0.05, 0) is 43.5 Å². The number of likely N-dealkylation sites (tertiary alicyclic amines) is 1. The van der Waals surface area contributed by atoms with Crippen LogP contribution in [-0.2, 0) is 4.79 Å². The van der Waals surface area contributed by atoms with Crippen molar-refractivity contribution in [3.05, 3.63) is 66.4 Å². The fourth-order valence-electron chi connectivity index (χ4n) is 4.58. The number of carbonyl (C=O) groups excluding carboxylic acids is 1. The zero-order valence-corrected chi connectivity index (χ0v) is 21.2. The average molecular weight is 541 g/mol. The number of anilines is 2. The molecule has 11 nitrogen and oxygen atoms in total. The Hall–Kier alpha value is -4.23. The lowest BCUT2D eigenvalue weighted by Crippen LogP contribution is -2.47. The SMILES string of the molecule is NC(=O)CN1C=C(Nc2ncnc3cc(OCCCN4CCC(O)CC4)ccc23)NN1c1cccc(F)c1F. The second kappa shape index (κ2) is 11.7. The Balaban J connectivity index is 1.25. The van der Waals surface area contributed by atoms with Crippen molar-refractivity contribution in [2.75, 3.05) is 43.2 Å². The maximum atomic E-state index is 14.5. The number of aromatic nitrogens is 2. The number of primary amides is 1. The molecule has 1 amide bonds. The molecule has 3 aromatic rings. The molecule has 13 heteroatoms. The lowest BCUT2D eigenvalue weighted by molar-refractivity contribution is -0.118. The zero-order chi connectivity index (χ0) is 27.4. The van der Waals surface area contributed by atoms with E-state index in [1.165, 1.54) is 34.8 Å². The number of hydrogen-bond donors (Lipinski definition) is 4. The van der Waals surface area contributed by atoms with E-state index in [9.17, 15) is 18.7 Å². The number of halogens is 2. The van der Waals surface area contributed by atoms with Crippen LogP contribution in [-0.4, -0.2) is 69.8 Å². The third-order valence-electron chi connectivity index (χ3n) is 6.54. The molecule has 0 saturated carbocycles. The highest BCUT2D eigenvalue weighted by Gasteiger charge is 2.27. The smallest absolute Gasteiger partial charge is 0.239 e. The first-order chi connectivity index (χ1) is 18.9. The highest BCUT2D eigenvalue weighted by atomic mass is 19.2. The number of rotatable bonds is 10. The van der Waals surface area contributed by atoms with Gasteiger partial charge < -0.3 is 25.8 Å². The Morgan fingerprint density at radius 2 is 2.03 bits per heavy atom. The summed E-state index contributed by atoms with van der Waals surface area (Å²) in [5.74, 6) is -1.28. The number of ether oxygens (including phenoxy) is 1. The molecule has 0 bridgehead atoms. The van der Waals surface area contributed by atoms with Crippen molar-refractivity contribution in [2.45, 2.75) is 25.4 Å². The van der Waals surface area contributed by atoms with E-state index >= 15 is 0 Å². The highest BCUT2D eigenvalue weighted by molar-refractivity contribution is 5.90. The summed E-state index contributed by atoms with van der Waals surface area (Å²) in [6.45, 7) is 3.01. The first kappa shape index (κ1) is 26.4. The molecule has 0 spiro atoms. The molecule has 1 aromatic heterocycles. The van der Waals surface area contributed by atoms with Crippen molar-refractivity contribution in [3.8, 4) is 5.75 Å². The molecule has 1 fully saturated rings. The molecule has 39 heavy (non-hydrogen) atoms. The minimum atomic E-state index is -1.08. The van der Waals surface area contributed by atoms with Gasteiger partial charge in [0.15, 0.2) is 11.6 Å². The van der Waals surface area contributed by atoms with Crippen LogP contribution in [0.25, 0.3) is 10.9 Å². The second-order valence-electron chi connectivity index (χ2n) is 9.40. The average Bonchev–Trinajstić information content (AvgIpc) is 3.30. The molecule has 2 aliphatic rings. The molecule has 0 unspecified atom stereocenters. The van der Waals surface area contributed by atoms with Crippen molar-refractivity contribution < 1.29 is 23.4 Å². The summed E-state index contributed by atoms with van der Waals surface area (Å²) < 4.78 is 34.3. The van der Waals surface area contributed by atoms with E-state index in [0.717, 1.165) is 45.0 Å². The molecule has 3 heterocycles. The van der Waals surface area contributed by atoms with Crippen LogP contribution in [0.1, 0.15) is 19.3 Å². The Labute approximate surface area is 223 Å². The third kappa shape index (κ3) is 6.26.